The van der Waals surface area contributed by atoms with Crippen molar-refractivity contribution in [2.75, 3.05) is 31.7 Å². The van der Waals surface area contributed by atoms with Crippen LogP contribution in [0.5, 0.6) is 11.5 Å². The van der Waals surface area contributed by atoms with Gasteiger partial charge in [0.25, 0.3) is 10.0 Å². The first-order valence-corrected chi connectivity index (χ1v) is 10.2. The number of hydrogen-bond donors (Lipinski definition) is 0. The molecule has 0 fully saturated rings. The predicted octanol–water partition coefficient (Wildman–Crippen LogP) is 3.42. The van der Waals surface area contributed by atoms with Gasteiger partial charge in [-0.3, -0.25) is 9.10 Å². The summed E-state index contributed by atoms with van der Waals surface area (Å²) < 4.78 is 43.0. The number of carbonyl (C=O) groups is 1. The topological polar surface area (TPSA) is 82.1 Å². The van der Waals surface area contributed by atoms with Crippen molar-refractivity contribution in [3.8, 4) is 11.5 Å². The summed E-state index contributed by atoms with van der Waals surface area (Å²) in [5.41, 5.74) is 1.01. The maximum Gasteiger partial charge on any atom is 0.326 e. The van der Waals surface area contributed by atoms with Gasteiger partial charge in [0, 0.05) is 12.1 Å². The Bertz CT molecular complexity index is 944. The van der Waals surface area contributed by atoms with Gasteiger partial charge in [0.1, 0.15) is 18.0 Å². The molecule has 28 heavy (non-hydrogen) atoms. The van der Waals surface area contributed by atoms with Gasteiger partial charge in [-0.1, -0.05) is 29.3 Å². The SMILES string of the molecule is CCOC(=O)CN(c1cc(OC)c(Cl)cc1OC)S(=O)(=O)c1ccc(C)cc1. The Balaban J connectivity index is 2.66. The largest absolute Gasteiger partial charge is 0.495 e. The smallest absolute Gasteiger partial charge is 0.326 e. The lowest BCUT2D eigenvalue weighted by Gasteiger charge is -2.26. The van der Waals surface area contributed by atoms with Crippen LogP contribution in [0.2, 0.25) is 5.02 Å². The van der Waals surface area contributed by atoms with Crippen LogP contribution >= 0.6 is 11.6 Å². The van der Waals surface area contributed by atoms with E-state index in [1.165, 1.54) is 38.5 Å². The zero-order valence-electron chi connectivity index (χ0n) is 16.1. The number of nitrogens with zero attached hydrogens (tertiary/aromatic N) is 1. The fraction of sp³-hybridized carbons (Fsp3) is 0.316. The molecular formula is C19H22ClNO6S. The molecule has 2 aromatic rings. The summed E-state index contributed by atoms with van der Waals surface area (Å²) in [7, 11) is -1.32. The molecule has 0 unspecified atom stereocenters. The molecule has 0 amide bonds. The molecule has 0 radical (unpaired) electrons. The van der Waals surface area contributed by atoms with E-state index in [1.54, 1.807) is 19.1 Å². The van der Waals surface area contributed by atoms with Crippen molar-refractivity contribution in [3.05, 3.63) is 47.0 Å². The Morgan fingerprint density at radius 3 is 2.21 bits per heavy atom. The van der Waals surface area contributed by atoms with Crippen LogP contribution in [-0.2, 0) is 19.6 Å². The minimum Gasteiger partial charge on any atom is -0.495 e. The number of anilines is 1. The summed E-state index contributed by atoms with van der Waals surface area (Å²) in [6.45, 7) is 3.08. The third kappa shape index (κ3) is 4.69. The van der Waals surface area contributed by atoms with Gasteiger partial charge in [0.15, 0.2) is 0 Å². The monoisotopic (exact) mass is 427 g/mol. The molecule has 2 rings (SSSR count). The molecule has 0 aromatic heterocycles. The lowest BCUT2D eigenvalue weighted by Crippen LogP contribution is -2.37. The van der Waals surface area contributed by atoms with Crippen LogP contribution in [0.15, 0.2) is 41.3 Å². The molecule has 7 nitrogen and oxygen atoms in total. The molecule has 0 aliphatic rings. The Hall–Kier alpha value is -2.45. The van der Waals surface area contributed by atoms with Crippen molar-refractivity contribution in [3.63, 3.8) is 0 Å². The number of aryl methyl sites for hydroxylation is 1. The van der Waals surface area contributed by atoms with Gasteiger partial charge < -0.3 is 14.2 Å². The quantitative estimate of drug-likeness (QED) is 0.600. The van der Waals surface area contributed by atoms with Crippen molar-refractivity contribution < 1.29 is 27.4 Å². The highest BCUT2D eigenvalue weighted by Gasteiger charge is 2.31. The Morgan fingerprint density at radius 2 is 1.68 bits per heavy atom. The zero-order chi connectivity index (χ0) is 20.9. The number of ether oxygens (including phenoxy) is 3. The maximum atomic E-state index is 13.3. The first kappa shape index (κ1) is 21.8. The number of esters is 1. The van der Waals surface area contributed by atoms with Gasteiger partial charge in [-0.25, -0.2) is 8.42 Å². The first-order valence-electron chi connectivity index (χ1n) is 8.41. The molecule has 0 heterocycles. The van der Waals surface area contributed by atoms with Gasteiger partial charge in [-0.2, -0.15) is 0 Å². The summed E-state index contributed by atoms with van der Waals surface area (Å²) in [6.07, 6.45) is 0. The molecule has 0 saturated heterocycles. The van der Waals surface area contributed by atoms with Gasteiger partial charge in [0.2, 0.25) is 0 Å². The first-order chi connectivity index (χ1) is 13.2. The van der Waals surface area contributed by atoms with E-state index < -0.39 is 22.5 Å². The number of sulfonamides is 1. The molecule has 9 heteroatoms. The Morgan fingerprint density at radius 1 is 1.07 bits per heavy atom. The molecule has 0 atom stereocenters. The van der Waals surface area contributed by atoms with Crippen molar-refractivity contribution in [1.82, 2.24) is 0 Å². The molecule has 0 bridgehead atoms. The number of benzene rings is 2. The van der Waals surface area contributed by atoms with Gasteiger partial charge in [0.05, 0.1) is 36.4 Å². The second-order valence-electron chi connectivity index (χ2n) is 5.79. The van der Waals surface area contributed by atoms with Crippen molar-refractivity contribution in [2.24, 2.45) is 0 Å². The van der Waals surface area contributed by atoms with Crippen LogP contribution in [0.4, 0.5) is 5.69 Å². The molecule has 0 aliphatic heterocycles. The van der Waals surface area contributed by atoms with E-state index in [9.17, 15) is 13.2 Å². The van der Waals surface area contributed by atoms with Gasteiger partial charge in [-0.05, 0) is 26.0 Å². The molecule has 0 saturated carbocycles. The average molecular weight is 428 g/mol. The molecular weight excluding hydrogens is 406 g/mol. The van der Waals surface area contributed by atoms with E-state index in [4.69, 9.17) is 25.8 Å². The van der Waals surface area contributed by atoms with E-state index in [0.717, 1.165) is 9.87 Å². The van der Waals surface area contributed by atoms with Crippen molar-refractivity contribution in [2.45, 2.75) is 18.7 Å². The minimum absolute atomic E-state index is 0.0263. The lowest BCUT2D eigenvalue weighted by atomic mass is 10.2. The molecule has 2 aromatic carbocycles. The number of hydrogen-bond acceptors (Lipinski definition) is 6. The summed E-state index contributed by atoms with van der Waals surface area (Å²) in [6, 6.07) is 9.14. The van der Waals surface area contributed by atoms with E-state index >= 15 is 0 Å². The molecule has 0 N–H and O–H groups in total. The number of carbonyl (C=O) groups excluding carboxylic acids is 1. The predicted molar refractivity (Wildman–Crippen MR) is 107 cm³/mol. The highest BCUT2D eigenvalue weighted by molar-refractivity contribution is 7.92. The van der Waals surface area contributed by atoms with Crippen LogP contribution in [0.3, 0.4) is 0 Å². The second kappa shape index (κ2) is 9.16. The summed E-state index contributed by atoms with van der Waals surface area (Å²) >= 11 is 6.12. The fourth-order valence-electron chi connectivity index (χ4n) is 2.50. The summed E-state index contributed by atoms with van der Waals surface area (Å²) in [4.78, 5) is 12.2. The van der Waals surface area contributed by atoms with Crippen LogP contribution in [0.1, 0.15) is 12.5 Å². The van der Waals surface area contributed by atoms with Crippen LogP contribution in [0.25, 0.3) is 0 Å². The summed E-state index contributed by atoms with van der Waals surface area (Å²) in [5, 5.41) is 0.243. The third-order valence-corrected chi connectivity index (χ3v) is 5.98. The standard InChI is InChI=1S/C19H22ClNO6S/c1-5-27-19(22)12-21(28(23,24)14-8-6-13(2)7-9-14)16-11-17(25-3)15(20)10-18(16)26-4/h6-11H,5,12H2,1-4H3. The second-order valence-corrected chi connectivity index (χ2v) is 8.06. The van der Waals surface area contributed by atoms with Crippen LogP contribution < -0.4 is 13.8 Å². The van der Waals surface area contributed by atoms with Gasteiger partial charge in [-0.15, -0.1) is 0 Å². The Labute approximate surface area is 169 Å². The van der Waals surface area contributed by atoms with Crippen LogP contribution in [-0.4, -0.2) is 41.8 Å². The fourth-order valence-corrected chi connectivity index (χ4v) is 4.14. The van der Waals surface area contributed by atoms with E-state index in [2.05, 4.69) is 0 Å². The Kier molecular flexibility index (Phi) is 7.15. The molecule has 152 valence electrons. The van der Waals surface area contributed by atoms with Crippen LogP contribution in [0, 0.1) is 6.92 Å². The maximum absolute atomic E-state index is 13.3. The van der Waals surface area contributed by atoms with E-state index in [0.29, 0.717) is 0 Å². The number of rotatable bonds is 8. The van der Waals surface area contributed by atoms with Gasteiger partial charge >= 0.3 is 5.97 Å². The number of halogens is 1. The third-order valence-electron chi connectivity index (χ3n) is 3.91. The highest BCUT2D eigenvalue weighted by atomic mass is 35.5. The zero-order valence-corrected chi connectivity index (χ0v) is 17.6. The highest BCUT2D eigenvalue weighted by Crippen LogP contribution is 2.40. The normalized spacial score (nSPS) is 11.0. The van der Waals surface area contributed by atoms with Crippen molar-refractivity contribution >= 4 is 33.3 Å². The lowest BCUT2D eigenvalue weighted by molar-refractivity contribution is -0.141. The molecule has 0 aliphatic carbocycles. The average Bonchev–Trinajstić information content (AvgIpc) is 2.66. The van der Waals surface area contributed by atoms with E-state index in [-0.39, 0.29) is 33.7 Å². The number of methoxy groups -OCH3 is 2. The molecule has 0 spiro atoms. The van der Waals surface area contributed by atoms with E-state index in [1.807, 2.05) is 6.92 Å². The van der Waals surface area contributed by atoms with Crippen molar-refractivity contribution in [1.29, 1.82) is 0 Å². The minimum atomic E-state index is -4.10. The summed E-state index contributed by atoms with van der Waals surface area (Å²) in [5.74, 6) is -0.287.